The van der Waals surface area contributed by atoms with Crippen molar-refractivity contribution in [3.8, 4) is 0 Å². The molecule has 136 valence electrons. The molecule has 9 heteroatoms. The van der Waals surface area contributed by atoms with Crippen LogP contribution in [0, 0.1) is 0 Å². The summed E-state index contributed by atoms with van der Waals surface area (Å²) in [6.45, 7) is 1.34. The topological polar surface area (TPSA) is 75.3 Å². The fraction of sp³-hybridized carbons (Fsp3) is 0.533. The molecule has 0 saturated carbocycles. The molecule has 1 heterocycles. The van der Waals surface area contributed by atoms with Crippen LogP contribution in [0.2, 0.25) is 10.0 Å². The lowest BCUT2D eigenvalue weighted by atomic mass is 9.95. The summed E-state index contributed by atoms with van der Waals surface area (Å²) in [5.74, 6) is -0.431. The van der Waals surface area contributed by atoms with Crippen molar-refractivity contribution in [1.82, 2.24) is 10.6 Å². The molecule has 0 aliphatic carbocycles. The molecule has 1 fully saturated rings. The van der Waals surface area contributed by atoms with Crippen LogP contribution in [-0.4, -0.2) is 45.0 Å². The van der Waals surface area contributed by atoms with Gasteiger partial charge in [-0.2, -0.15) is 0 Å². The lowest BCUT2D eigenvalue weighted by molar-refractivity contribution is -0.124. The smallest absolute Gasteiger partial charge is 0.241 e. The molecule has 1 aromatic carbocycles. The SMILES string of the molecule is CS(=O)(=O)C1(C(=O)NCCc2cccc(Cl)c2Cl)CCNCC1.Cl. The van der Waals surface area contributed by atoms with E-state index in [9.17, 15) is 13.2 Å². The molecule has 1 aliphatic heterocycles. The average Bonchev–Trinajstić information content (AvgIpc) is 2.51. The largest absolute Gasteiger partial charge is 0.354 e. The van der Waals surface area contributed by atoms with Crippen molar-refractivity contribution in [3.63, 3.8) is 0 Å². The monoisotopic (exact) mass is 414 g/mol. The lowest BCUT2D eigenvalue weighted by Crippen LogP contribution is -2.57. The molecule has 1 aromatic rings. The van der Waals surface area contributed by atoms with Crippen LogP contribution >= 0.6 is 35.6 Å². The molecule has 1 aliphatic rings. The summed E-state index contributed by atoms with van der Waals surface area (Å²) in [6.07, 6.45) is 2.19. The Morgan fingerprint density at radius 2 is 1.92 bits per heavy atom. The highest BCUT2D eigenvalue weighted by molar-refractivity contribution is 7.92. The van der Waals surface area contributed by atoms with Crippen LogP contribution in [0.15, 0.2) is 18.2 Å². The molecular weight excluding hydrogens is 395 g/mol. The van der Waals surface area contributed by atoms with E-state index < -0.39 is 20.5 Å². The quantitative estimate of drug-likeness (QED) is 0.773. The average molecular weight is 416 g/mol. The van der Waals surface area contributed by atoms with Crippen molar-refractivity contribution < 1.29 is 13.2 Å². The van der Waals surface area contributed by atoms with Crippen molar-refractivity contribution >= 4 is 51.4 Å². The second kappa shape index (κ2) is 8.72. The van der Waals surface area contributed by atoms with Gasteiger partial charge in [0.05, 0.1) is 10.0 Å². The molecule has 0 spiro atoms. The van der Waals surface area contributed by atoms with Crippen LogP contribution in [0.25, 0.3) is 0 Å². The summed E-state index contributed by atoms with van der Waals surface area (Å²) < 4.78 is 23.0. The fourth-order valence-electron chi connectivity index (χ4n) is 2.81. The van der Waals surface area contributed by atoms with Gasteiger partial charge in [0.1, 0.15) is 0 Å². The van der Waals surface area contributed by atoms with Gasteiger partial charge in [0, 0.05) is 12.8 Å². The van der Waals surface area contributed by atoms with Crippen LogP contribution in [-0.2, 0) is 21.1 Å². The van der Waals surface area contributed by atoms with E-state index in [4.69, 9.17) is 23.2 Å². The molecule has 1 saturated heterocycles. The molecule has 0 bridgehead atoms. The Morgan fingerprint density at radius 1 is 1.29 bits per heavy atom. The van der Waals surface area contributed by atoms with E-state index in [2.05, 4.69) is 10.6 Å². The maximum atomic E-state index is 12.5. The molecule has 5 nitrogen and oxygen atoms in total. The number of rotatable bonds is 5. The van der Waals surface area contributed by atoms with Crippen molar-refractivity contribution in [3.05, 3.63) is 33.8 Å². The number of amides is 1. The maximum absolute atomic E-state index is 12.5. The zero-order valence-electron chi connectivity index (χ0n) is 13.3. The number of halogens is 3. The number of sulfone groups is 1. The first-order chi connectivity index (χ1) is 10.8. The standard InChI is InChI=1S/C15H20Cl2N2O3S.ClH/c1-23(21,22)15(6-9-18-10-7-15)14(20)19-8-5-11-3-2-4-12(16)13(11)17;/h2-4,18H,5-10H2,1H3,(H,19,20);1H. The summed E-state index contributed by atoms with van der Waals surface area (Å²) >= 11 is 12.1. The van der Waals surface area contributed by atoms with E-state index in [0.29, 0.717) is 36.1 Å². The molecule has 0 aromatic heterocycles. The molecule has 0 radical (unpaired) electrons. The summed E-state index contributed by atoms with van der Waals surface area (Å²) in [7, 11) is -3.50. The van der Waals surface area contributed by atoms with Crippen LogP contribution in [0.3, 0.4) is 0 Å². The Balaban J connectivity index is 0.00000288. The Kier molecular flexibility index (Phi) is 7.81. The van der Waals surface area contributed by atoms with Gasteiger partial charge in [-0.3, -0.25) is 4.79 Å². The normalized spacial score (nSPS) is 17.0. The first-order valence-electron chi connectivity index (χ1n) is 7.39. The second-order valence-corrected chi connectivity index (χ2v) is 8.85. The third-order valence-corrected chi connectivity index (χ3v) is 7.12. The van der Waals surface area contributed by atoms with E-state index in [1.165, 1.54) is 0 Å². The van der Waals surface area contributed by atoms with Gasteiger partial charge in [-0.25, -0.2) is 8.42 Å². The van der Waals surface area contributed by atoms with Gasteiger partial charge in [0.15, 0.2) is 14.6 Å². The van der Waals surface area contributed by atoms with Crippen molar-refractivity contribution in [2.75, 3.05) is 25.9 Å². The molecule has 2 N–H and O–H groups in total. The Bertz CT molecular complexity index is 689. The minimum Gasteiger partial charge on any atom is -0.354 e. The highest BCUT2D eigenvalue weighted by atomic mass is 35.5. The highest BCUT2D eigenvalue weighted by Crippen LogP contribution is 2.28. The number of hydrogen-bond acceptors (Lipinski definition) is 4. The number of carbonyl (C=O) groups is 1. The summed E-state index contributed by atoms with van der Waals surface area (Å²) in [6, 6.07) is 5.31. The van der Waals surface area contributed by atoms with E-state index in [0.717, 1.165) is 11.8 Å². The number of benzene rings is 1. The van der Waals surface area contributed by atoms with E-state index >= 15 is 0 Å². The Morgan fingerprint density at radius 3 is 2.50 bits per heavy atom. The third kappa shape index (κ3) is 4.55. The number of hydrogen-bond donors (Lipinski definition) is 2. The zero-order valence-corrected chi connectivity index (χ0v) is 16.4. The van der Waals surface area contributed by atoms with Gasteiger partial charge in [-0.05, 0) is 44.0 Å². The van der Waals surface area contributed by atoms with Crippen LogP contribution in [0.4, 0.5) is 0 Å². The van der Waals surface area contributed by atoms with Gasteiger partial charge in [-0.15, -0.1) is 12.4 Å². The minimum absolute atomic E-state index is 0. The Labute approximate surface area is 158 Å². The number of nitrogens with one attached hydrogen (secondary N) is 2. The molecule has 0 atom stereocenters. The van der Waals surface area contributed by atoms with E-state index in [1.807, 2.05) is 6.07 Å². The van der Waals surface area contributed by atoms with Gasteiger partial charge >= 0.3 is 0 Å². The highest BCUT2D eigenvalue weighted by Gasteiger charge is 2.48. The minimum atomic E-state index is -3.50. The predicted octanol–water partition coefficient (Wildman–Crippen LogP) is 2.24. The van der Waals surface area contributed by atoms with Gasteiger partial charge in [0.25, 0.3) is 0 Å². The van der Waals surface area contributed by atoms with Crippen molar-refractivity contribution in [1.29, 1.82) is 0 Å². The van der Waals surface area contributed by atoms with Gasteiger partial charge in [-0.1, -0.05) is 35.3 Å². The predicted molar refractivity (Wildman–Crippen MR) is 100 cm³/mol. The second-order valence-electron chi connectivity index (χ2n) is 5.74. The molecule has 1 amide bonds. The first-order valence-corrected chi connectivity index (χ1v) is 10.0. The van der Waals surface area contributed by atoms with E-state index in [-0.39, 0.29) is 25.2 Å². The molecular formula is C15H21Cl3N2O3S. The lowest BCUT2D eigenvalue weighted by Gasteiger charge is -2.34. The Hall–Kier alpha value is -0.530. The van der Waals surface area contributed by atoms with Crippen LogP contribution in [0.1, 0.15) is 18.4 Å². The first kappa shape index (κ1) is 21.5. The fourth-order valence-corrected chi connectivity index (χ4v) is 4.58. The molecule has 2 rings (SSSR count). The summed E-state index contributed by atoms with van der Waals surface area (Å²) in [5, 5.41) is 6.75. The van der Waals surface area contributed by atoms with Crippen molar-refractivity contribution in [2.45, 2.75) is 24.0 Å². The summed E-state index contributed by atoms with van der Waals surface area (Å²) in [5.41, 5.74) is 0.818. The van der Waals surface area contributed by atoms with Crippen LogP contribution < -0.4 is 10.6 Å². The molecule has 0 unspecified atom stereocenters. The van der Waals surface area contributed by atoms with Gasteiger partial charge in [0.2, 0.25) is 5.91 Å². The van der Waals surface area contributed by atoms with Crippen LogP contribution in [0.5, 0.6) is 0 Å². The molecule has 24 heavy (non-hydrogen) atoms. The van der Waals surface area contributed by atoms with Crippen molar-refractivity contribution in [2.24, 2.45) is 0 Å². The van der Waals surface area contributed by atoms with E-state index in [1.54, 1.807) is 12.1 Å². The number of piperidine rings is 1. The zero-order chi connectivity index (χ0) is 17.1. The van der Waals surface area contributed by atoms with Gasteiger partial charge < -0.3 is 10.6 Å². The number of carbonyl (C=O) groups excluding carboxylic acids is 1. The maximum Gasteiger partial charge on any atom is 0.241 e. The summed E-state index contributed by atoms with van der Waals surface area (Å²) in [4.78, 5) is 12.5. The third-order valence-electron chi connectivity index (χ3n) is 4.25.